The van der Waals surface area contributed by atoms with E-state index in [4.69, 9.17) is 9.47 Å². The molecule has 31 heavy (non-hydrogen) atoms. The van der Waals surface area contributed by atoms with Crippen LogP contribution in [-0.4, -0.2) is 61.7 Å². The first kappa shape index (κ1) is 21.8. The van der Waals surface area contributed by atoms with Crippen LogP contribution in [0.15, 0.2) is 48.5 Å². The second kappa shape index (κ2) is 10.8. The Morgan fingerprint density at radius 3 is 2.32 bits per heavy atom. The van der Waals surface area contributed by atoms with Gasteiger partial charge >= 0.3 is 0 Å². The Labute approximate surface area is 185 Å². The van der Waals surface area contributed by atoms with Gasteiger partial charge in [-0.2, -0.15) is 0 Å². The summed E-state index contributed by atoms with van der Waals surface area (Å²) in [7, 11) is 1.67. The van der Waals surface area contributed by atoms with Gasteiger partial charge < -0.3 is 14.8 Å². The van der Waals surface area contributed by atoms with E-state index >= 15 is 0 Å². The molecule has 6 heteroatoms. The molecular weight excluding hydrogens is 390 g/mol. The van der Waals surface area contributed by atoms with E-state index in [0.29, 0.717) is 19.1 Å². The molecule has 1 aliphatic carbocycles. The maximum atomic E-state index is 12.6. The van der Waals surface area contributed by atoms with Crippen LogP contribution in [0.5, 0.6) is 5.75 Å². The molecule has 6 nitrogen and oxygen atoms in total. The summed E-state index contributed by atoms with van der Waals surface area (Å²) in [6, 6.07) is 17.2. The van der Waals surface area contributed by atoms with Crippen LogP contribution in [-0.2, 0) is 29.2 Å². The molecule has 2 aliphatic rings. The zero-order valence-electron chi connectivity index (χ0n) is 18.4. The minimum absolute atomic E-state index is 0.0813. The fraction of sp³-hybridized carbons (Fsp3) is 0.480. The molecule has 1 saturated carbocycles. The summed E-state index contributed by atoms with van der Waals surface area (Å²) in [5, 5.41) is 3.09. The number of amides is 1. The van der Waals surface area contributed by atoms with Crippen LogP contribution in [0.2, 0.25) is 0 Å². The molecule has 2 aromatic carbocycles. The monoisotopic (exact) mass is 423 g/mol. The van der Waals surface area contributed by atoms with E-state index in [1.807, 2.05) is 12.1 Å². The third kappa shape index (κ3) is 6.79. The van der Waals surface area contributed by atoms with Crippen LogP contribution >= 0.6 is 0 Å². The molecule has 2 fully saturated rings. The number of methoxy groups -OCH3 is 1. The van der Waals surface area contributed by atoms with Gasteiger partial charge in [-0.1, -0.05) is 36.4 Å². The van der Waals surface area contributed by atoms with Gasteiger partial charge in [-0.05, 0) is 41.7 Å². The maximum absolute atomic E-state index is 12.6. The van der Waals surface area contributed by atoms with E-state index < -0.39 is 0 Å². The zero-order valence-corrected chi connectivity index (χ0v) is 18.4. The number of nitrogens with zero attached hydrogens (tertiary/aromatic N) is 2. The van der Waals surface area contributed by atoms with Crippen LogP contribution in [0, 0.1) is 0 Å². The van der Waals surface area contributed by atoms with Crippen molar-refractivity contribution >= 4 is 5.91 Å². The summed E-state index contributed by atoms with van der Waals surface area (Å²) >= 11 is 0. The number of rotatable bonds is 10. The fourth-order valence-electron chi connectivity index (χ4n) is 3.94. The predicted molar refractivity (Wildman–Crippen MR) is 121 cm³/mol. The molecule has 0 aromatic heterocycles. The van der Waals surface area contributed by atoms with Crippen molar-refractivity contribution in [2.75, 3.05) is 40.0 Å². The number of carbonyl (C=O) groups is 1. The van der Waals surface area contributed by atoms with Gasteiger partial charge in [0, 0.05) is 38.8 Å². The molecule has 1 N–H and O–H groups in total. The molecular formula is C25H33N3O3. The van der Waals surface area contributed by atoms with Crippen LogP contribution in [0.4, 0.5) is 0 Å². The van der Waals surface area contributed by atoms with Gasteiger partial charge in [-0.15, -0.1) is 0 Å². The number of hydrogen-bond acceptors (Lipinski definition) is 5. The average Bonchev–Trinajstić information content (AvgIpc) is 3.65. The topological polar surface area (TPSA) is 54.0 Å². The fourth-order valence-corrected chi connectivity index (χ4v) is 3.94. The largest absolute Gasteiger partial charge is 0.497 e. The summed E-state index contributed by atoms with van der Waals surface area (Å²) in [6.07, 6.45) is 2.35. The molecule has 1 aliphatic heterocycles. The van der Waals surface area contributed by atoms with Crippen molar-refractivity contribution in [2.24, 2.45) is 0 Å². The van der Waals surface area contributed by atoms with Crippen LogP contribution in [0.25, 0.3) is 0 Å². The highest BCUT2D eigenvalue weighted by molar-refractivity contribution is 5.78. The third-order valence-corrected chi connectivity index (χ3v) is 5.98. The van der Waals surface area contributed by atoms with E-state index in [0.717, 1.165) is 50.7 Å². The number of carbonyl (C=O) groups excluding carboxylic acids is 1. The summed E-state index contributed by atoms with van der Waals surface area (Å²) in [4.78, 5) is 17.3. The standard InChI is InChI=1S/C25H33N3O3/c1-30-24-10-6-22(7-11-24)18-28(23-8-9-23)19-25(29)26-16-20-2-4-21(5-3-20)17-27-12-14-31-15-13-27/h2-7,10-11,23H,8-9,12-19H2,1H3,(H,26,29). The lowest BCUT2D eigenvalue weighted by Gasteiger charge is -2.26. The zero-order chi connectivity index (χ0) is 21.5. The summed E-state index contributed by atoms with van der Waals surface area (Å²) in [6.45, 7) is 6.37. The first-order valence-corrected chi connectivity index (χ1v) is 11.2. The minimum atomic E-state index is 0.0813. The van der Waals surface area contributed by atoms with Crippen LogP contribution in [0.1, 0.15) is 29.5 Å². The molecule has 4 rings (SSSR count). The lowest BCUT2D eigenvalue weighted by atomic mass is 10.1. The molecule has 1 amide bonds. The van der Waals surface area contributed by atoms with E-state index in [1.54, 1.807) is 7.11 Å². The minimum Gasteiger partial charge on any atom is -0.497 e. The Balaban J connectivity index is 1.23. The SMILES string of the molecule is COc1ccc(CN(CC(=O)NCc2ccc(CN3CCOCC3)cc2)C2CC2)cc1. The lowest BCUT2D eigenvalue weighted by Crippen LogP contribution is -2.37. The van der Waals surface area contributed by atoms with E-state index in [2.05, 4.69) is 51.5 Å². The van der Waals surface area contributed by atoms with Gasteiger partial charge in [-0.3, -0.25) is 14.6 Å². The number of nitrogens with one attached hydrogen (secondary N) is 1. The lowest BCUT2D eigenvalue weighted by molar-refractivity contribution is -0.122. The Morgan fingerprint density at radius 1 is 1.03 bits per heavy atom. The van der Waals surface area contributed by atoms with E-state index in [-0.39, 0.29) is 5.91 Å². The van der Waals surface area contributed by atoms with Gasteiger partial charge in [0.25, 0.3) is 0 Å². The highest BCUT2D eigenvalue weighted by Gasteiger charge is 2.30. The average molecular weight is 424 g/mol. The van der Waals surface area contributed by atoms with Gasteiger partial charge in [0.05, 0.1) is 26.9 Å². The van der Waals surface area contributed by atoms with Crippen molar-refractivity contribution in [3.05, 3.63) is 65.2 Å². The smallest absolute Gasteiger partial charge is 0.234 e. The molecule has 1 heterocycles. The molecule has 2 aromatic rings. The van der Waals surface area contributed by atoms with E-state index in [9.17, 15) is 4.79 Å². The Kier molecular flexibility index (Phi) is 7.57. The molecule has 0 spiro atoms. The number of hydrogen-bond donors (Lipinski definition) is 1. The highest BCUT2D eigenvalue weighted by Crippen LogP contribution is 2.28. The van der Waals surface area contributed by atoms with Gasteiger partial charge in [-0.25, -0.2) is 0 Å². The van der Waals surface area contributed by atoms with Crippen molar-refractivity contribution in [3.8, 4) is 5.75 Å². The molecule has 0 bridgehead atoms. The Bertz CT molecular complexity index is 828. The van der Waals surface area contributed by atoms with Crippen LogP contribution in [0.3, 0.4) is 0 Å². The highest BCUT2D eigenvalue weighted by atomic mass is 16.5. The first-order valence-electron chi connectivity index (χ1n) is 11.2. The molecule has 166 valence electrons. The first-order chi connectivity index (χ1) is 15.2. The van der Waals surface area contributed by atoms with Crippen molar-refractivity contribution in [2.45, 2.75) is 38.5 Å². The molecule has 0 unspecified atom stereocenters. The number of ether oxygens (including phenoxy) is 2. The number of benzene rings is 2. The summed E-state index contributed by atoms with van der Waals surface area (Å²) in [5.74, 6) is 0.938. The van der Waals surface area contributed by atoms with Crippen molar-refractivity contribution in [1.82, 2.24) is 15.1 Å². The molecule has 0 radical (unpaired) electrons. The second-order valence-electron chi connectivity index (χ2n) is 8.47. The Hall–Kier alpha value is -2.41. The summed E-state index contributed by atoms with van der Waals surface area (Å²) < 4.78 is 10.6. The normalized spacial score (nSPS) is 17.0. The van der Waals surface area contributed by atoms with Gasteiger partial charge in [0.15, 0.2) is 0 Å². The van der Waals surface area contributed by atoms with Crippen LogP contribution < -0.4 is 10.1 Å². The summed E-state index contributed by atoms with van der Waals surface area (Å²) in [5.41, 5.74) is 3.64. The molecule has 1 saturated heterocycles. The predicted octanol–water partition coefficient (Wildman–Crippen LogP) is 2.81. The van der Waals surface area contributed by atoms with Gasteiger partial charge in [0.2, 0.25) is 5.91 Å². The Morgan fingerprint density at radius 2 is 1.68 bits per heavy atom. The third-order valence-electron chi connectivity index (χ3n) is 5.98. The van der Waals surface area contributed by atoms with Crippen molar-refractivity contribution < 1.29 is 14.3 Å². The van der Waals surface area contributed by atoms with E-state index in [1.165, 1.54) is 24.0 Å². The van der Waals surface area contributed by atoms with Crippen molar-refractivity contribution in [1.29, 1.82) is 0 Å². The quantitative estimate of drug-likeness (QED) is 0.637. The molecule has 0 atom stereocenters. The number of morpholine rings is 1. The van der Waals surface area contributed by atoms with Gasteiger partial charge in [0.1, 0.15) is 5.75 Å². The maximum Gasteiger partial charge on any atom is 0.234 e. The second-order valence-corrected chi connectivity index (χ2v) is 8.47. The van der Waals surface area contributed by atoms with Crippen molar-refractivity contribution in [3.63, 3.8) is 0 Å².